The molecule has 1 aromatic carbocycles. The molecule has 0 saturated carbocycles. The SMILES string of the molecule is CCc1cccc(NSN2CCNCC(COCc3c(F)cccc3F)C2)n1. The fourth-order valence-electron chi connectivity index (χ4n) is 2.99. The third-order valence-electron chi connectivity index (χ3n) is 4.54. The number of hydrogen-bond acceptors (Lipinski definition) is 6. The molecule has 1 fully saturated rings. The highest BCUT2D eigenvalue weighted by molar-refractivity contribution is 7.98. The lowest BCUT2D eigenvalue weighted by atomic mass is 10.1. The molecular formula is C20H26F2N4OS. The number of hydrogen-bond donors (Lipinski definition) is 2. The standard InChI is InChI=1S/C20H26F2N4OS/c1-2-16-5-3-8-20(24-16)25-28-26-10-9-23-11-15(12-26)13-27-14-17-18(21)6-4-7-19(17)22/h3-8,15,23H,2,9-14H2,1H3,(H,24,25). The van der Waals surface area contributed by atoms with Crippen LogP contribution >= 0.6 is 12.1 Å². The fraction of sp³-hybridized carbons (Fsp3) is 0.450. The van der Waals surface area contributed by atoms with Gasteiger partial charge in [0.1, 0.15) is 17.5 Å². The van der Waals surface area contributed by atoms with Crippen molar-refractivity contribution in [1.82, 2.24) is 14.6 Å². The van der Waals surface area contributed by atoms with E-state index in [2.05, 4.69) is 26.3 Å². The first kappa shape index (κ1) is 21.0. The Bertz CT molecular complexity index is 744. The van der Waals surface area contributed by atoms with Crippen molar-refractivity contribution in [3.8, 4) is 0 Å². The lowest BCUT2D eigenvalue weighted by Gasteiger charge is -2.22. The molecule has 0 spiro atoms. The van der Waals surface area contributed by atoms with Gasteiger partial charge in [0.2, 0.25) is 0 Å². The van der Waals surface area contributed by atoms with Crippen LogP contribution in [-0.2, 0) is 17.8 Å². The Morgan fingerprint density at radius 1 is 1.25 bits per heavy atom. The van der Waals surface area contributed by atoms with Crippen molar-refractivity contribution in [2.75, 3.05) is 37.5 Å². The van der Waals surface area contributed by atoms with E-state index in [1.807, 2.05) is 18.2 Å². The Kier molecular flexibility index (Phi) is 8.02. The predicted molar refractivity (Wildman–Crippen MR) is 109 cm³/mol. The van der Waals surface area contributed by atoms with Crippen molar-refractivity contribution < 1.29 is 13.5 Å². The van der Waals surface area contributed by atoms with Crippen LogP contribution in [0.15, 0.2) is 36.4 Å². The molecule has 1 saturated heterocycles. The van der Waals surface area contributed by atoms with E-state index < -0.39 is 11.6 Å². The number of nitrogens with one attached hydrogen (secondary N) is 2. The average molecular weight is 409 g/mol. The highest BCUT2D eigenvalue weighted by atomic mass is 32.2. The van der Waals surface area contributed by atoms with Gasteiger partial charge in [0.25, 0.3) is 0 Å². The number of nitrogens with zero attached hydrogens (tertiary/aromatic N) is 2. The Morgan fingerprint density at radius 2 is 2.04 bits per heavy atom. The topological polar surface area (TPSA) is 49.4 Å². The lowest BCUT2D eigenvalue weighted by molar-refractivity contribution is 0.0807. The number of rotatable bonds is 8. The van der Waals surface area contributed by atoms with E-state index in [1.54, 1.807) is 0 Å². The predicted octanol–water partition coefficient (Wildman–Crippen LogP) is 3.64. The molecule has 2 aromatic rings. The van der Waals surface area contributed by atoms with E-state index in [0.717, 1.165) is 44.1 Å². The molecule has 1 atom stereocenters. The molecule has 5 nitrogen and oxygen atoms in total. The fourth-order valence-corrected chi connectivity index (χ4v) is 3.80. The van der Waals surface area contributed by atoms with Gasteiger partial charge >= 0.3 is 0 Å². The van der Waals surface area contributed by atoms with E-state index in [1.165, 1.54) is 30.3 Å². The van der Waals surface area contributed by atoms with Crippen molar-refractivity contribution in [2.24, 2.45) is 5.92 Å². The van der Waals surface area contributed by atoms with Gasteiger partial charge in [0.05, 0.1) is 13.2 Å². The molecule has 28 heavy (non-hydrogen) atoms. The second kappa shape index (κ2) is 10.7. The summed E-state index contributed by atoms with van der Waals surface area (Å²) in [6, 6.07) is 9.82. The average Bonchev–Trinajstić information content (AvgIpc) is 2.94. The molecule has 1 aliphatic heterocycles. The molecule has 3 rings (SSSR count). The van der Waals surface area contributed by atoms with Gasteiger partial charge in [-0.2, -0.15) is 0 Å². The molecule has 1 aliphatic rings. The zero-order chi connectivity index (χ0) is 19.8. The van der Waals surface area contributed by atoms with Crippen LogP contribution in [0.4, 0.5) is 14.6 Å². The van der Waals surface area contributed by atoms with Crippen LogP contribution in [-0.4, -0.2) is 42.1 Å². The number of pyridine rings is 1. The quantitative estimate of drug-likeness (QED) is 0.651. The summed E-state index contributed by atoms with van der Waals surface area (Å²) in [4.78, 5) is 4.55. The normalized spacial score (nSPS) is 18.0. The molecule has 2 N–H and O–H groups in total. The van der Waals surface area contributed by atoms with E-state index in [-0.39, 0.29) is 18.1 Å². The van der Waals surface area contributed by atoms with E-state index in [4.69, 9.17) is 4.74 Å². The van der Waals surface area contributed by atoms with Crippen LogP contribution < -0.4 is 10.0 Å². The van der Waals surface area contributed by atoms with Gasteiger partial charge in [-0.05, 0) is 30.7 Å². The van der Waals surface area contributed by atoms with E-state index in [0.29, 0.717) is 6.61 Å². The number of aryl methyl sites for hydroxylation is 1. The van der Waals surface area contributed by atoms with Gasteiger partial charge in [-0.1, -0.05) is 19.1 Å². The van der Waals surface area contributed by atoms with Crippen LogP contribution in [0.5, 0.6) is 0 Å². The molecule has 1 unspecified atom stereocenters. The monoisotopic (exact) mass is 408 g/mol. The number of halogens is 2. The first-order valence-corrected chi connectivity index (χ1v) is 10.3. The smallest absolute Gasteiger partial charge is 0.137 e. The van der Waals surface area contributed by atoms with Crippen LogP contribution in [0, 0.1) is 17.6 Å². The summed E-state index contributed by atoms with van der Waals surface area (Å²) in [5, 5.41) is 3.39. The molecule has 1 aromatic heterocycles. The minimum atomic E-state index is -0.567. The van der Waals surface area contributed by atoms with Gasteiger partial charge in [-0.3, -0.25) is 0 Å². The van der Waals surface area contributed by atoms with Crippen LogP contribution in [0.25, 0.3) is 0 Å². The largest absolute Gasteiger partial charge is 0.376 e. The first-order chi connectivity index (χ1) is 13.7. The van der Waals surface area contributed by atoms with Crippen molar-refractivity contribution >= 4 is 18.0 Å². The van der Waals surface area contributed by atoms with Crippen LogP contribution in [0.1, 0.15) is 18.2 Å². The summed E-state index contributed by atoms with van der Waals surface area (Å²) in [6.07, 6.45) is 0.899. The summed E-state index contributed by atoms with van der Waals surface area (Å²) in [5.74, 6) is -0.0738. The Hall–Kier alpha value is -1.74. The van der Waals surface area contributed by atoms with Crippen molar-refractivity contribution in [2.45, 2.75) is 20.0 Å². The minimum absolute atomic E-state index is 0.0149. The number of aromatic nitrogens is 1. The lowest BCUT2D eigenvalue weighted by Crippen LogP contribution is -2.28. The van der Waals surface area contributed by atoms with Gasteiger partial charge in [-0.25, -0.2) is 18.1 Å². The Balaban J connectivity index is 1.48. The highest BCUT2D eigenvalue weighted by Crippen LogP contribution is 2.19. The summed E-state index contributed by atoms with van der Waals surface area (Å²) >= 11 is 1.53. The Labute approximate surface area is 169 Å². The first-order valence-electron chi connectivity index (χ1n) is 9.51. The Morgan fingerprint density at radius 3 is 2.82 bits per heavy atom. The second-order valence-electron chi connectivity index (χ2n) is 6.73. The zero-order valence-electron chi connectivity index (χ0n) is 16.0. The summed E-state index contributed by atoms with van der Waals surface area (Å²) in [6.45, 7) is 5.81. The van der Waals surface area contributed by atoms with Crippen molar-refractivity contribution in [3.05, 3.63) is 59.3 Å². The van der Waals surface area contributed by atoms with Crippen molar-refractivity contribution in [1.29, 1.82) is 0 Å². The number of ether oxygens (including phenoxy) is 1. The van der Waals surface area contributed by atoms with E-state index in [9.17, 15) is 8.78 Å². The molecule has 0 radical (unpaired) electrons. The van der Waals surface area contributed by atoms with Gasteiger partial charge in [-0.15, -0.1) is 0 Å². The molecule has 0 aliphatic carbocycles. The second-order valence-corrected chi connectivity index (χ2v) is 7.64. The molecule has 2 heterocycles. The third kappa shape index (κ3) is 6.13. The van der Waals surface area contributed by atoms with Gasteiger partial charge in [0.15, 0.2) is 0 Å². The zero-order valence-corrected chi connectivity index (χ0v) is 16.8. The highest BCUT2D eigenvalue weighted by Gasteiger charge is 2.19. The van der Waals surface area contributed by atoms with Gasteiger partial charge < -0.3 is 14.8 Å². The minimum Gasteiger partial charge on any atom is -0.376 e. The maximum absolute atomic E-state index is 13.7. The van der Waals surface area contributed by atoms with Crippen LogP contribution in [0.2, 0.25) is 0 Å². The summed E-state index contributed by atoms with van der Waals surface area (Å²) in [5.41, 5.74) is 1.04. The van der Waals surface area contributed by atoms with Gasteiger partial charge in [0, 0.05) is 55.5 Å². The molecule has 8 heteroatoms. The summed E-state index contributed by atoms with van der Waals surface area (Å²) in [7, 11) is 0. The molecular weight excluding hydrogens is 382 g/mol. The van der Waals surface area contributed by atoms with Crippen molar-refractivity contribution in [3.63, 3.8) is 0 Å². The summed E-state index contributed by atoms with van der Waals surface area (Å²) < 4.78 is 38.5. The number of anilines is 1. The van der Waals surface area contributed by atoms with E-state index >= 15 is 0 Å². The maximum Gasteiger partial charge on any atom is 0.137 e. The number of benzene rings is 1. The maximum atomic E-state index is 13.7. The molecule has 152 valence electrons. The van der Waals surface area contributed by atoms with Crippen LogP contribution in [0.3, 0.4) is 0 Å². The molecule has 0 bridgehead atoms. The third-order valence-corrected chi connectivity index (χ3v) is 5.43. The molecule has 0 amide bonds.